The standard InChI is InChI=1S/C21H30O2/c1-21-9-2-5-19(21)20-14(4-3-11-22)12-15-13-16(23)6-7-17(15)18(20)8-10-21/h3-4,13-14,17-20,22H,2,5-12H2,1H3/t14-,17+,18-,19+,20-,21+/m1/s1. The highest BCUT2D eigenvalue weighted by Gasteiger charge is 2.54. The van der Waals surface area contributed by atoms with Crippen molar-refractivity contribution in [1.29, 1.82) is 0 Å². The van der Waals surface area contributed by atoms with Crippen LogP contribution in [-0.4, -0.2) is 17.5 Å². The average Bonchev–Trinajstić information content (AvgIpc) is 2.93. The molecule has 0 heterocycles. The summed E-state index contributed by atoms with van der Waals surface area (Å²) in [5, 5.41) is 9.25. The maximum Gasteiger partial charge on any atom is 0.155 e. The van der Waals surface area contributed by atoms with Gasteiger partial charge in [-0.3, -0.25) is 4.79 Å². The van der Waals surface area contributed by atoms with Crippen LogP contribution in [0.4, 0.5) is 0 Å². The molecule has 4 rings (SSSR count). The molecule has 2 heteroatoms. The summed E-state index contributed by atoms with van der Waals surface area (Å²) in [6.45, 7) is 2.67. The van der Waals surface area contributed by atoms with E-state index in [-0.39, 0.29) is 6.61 Å². The van der Waals surface area contributed by atoms with E-state index >= 15 is 0 Å². The first kappa shape index (κ1) is 15.6. The Labute approximate surface area is 140 Å². The van der Waals surface area contributed by atoms with Gasteiger partial charge in [0.05, 0.1) is 6.61 Å². The minimum absolute atomic E-state index is 0.136. The molecular formula is C21H30O2. The summed E-state index contributed by atoms with van der Waals surface area (Å²) in [6, 6.07) is 0. The number of rotatable bonds is 2. The number of hydrogen-bond acceptors (Lipinski definition) is 2. The van der Waals surface area contributed by atoms with Crippen LogP contribution in [0.3, 0.4) is 0 Å². The van der Waals surface area contributed by atoms with E-state index in [1.54, 1.807) is 0 Å². The largest absolute Gasteiger partial charge is 0.392 e. The Morgan fingerprint density at radius 2 is 2.17 bits per heavy atom. The summed E-state index contributed by atoms with van der Waals surface area (Å²) in [6.07, 6.45) is 16.0. The molecule has 23 heavy (non-hydrogen) atoms. The van der Waals surface area contributed by atoms with E-state index in [4.69, 9.17) is 0 Å². The Kier molecular flexibility index (Phi) is 3.99. The lowest BCUT2D eigenvalue weighted by molar-refractivity contribution is -0.116. The van der Waals surface area contributed by atoms with Gasteiger partial charge in [-0.05, 0) is 79.6 Å². The van der Waals surface area contributed by atoms with Gasteiger partial charge < -0.3 is 5.11 Å². The summed E-state index contributed by atoms with van der Waals surface area (Å²) in [7, 11) is 0. The highest BCUT2D eigenvalue weighted by atomic mass is 16.2. The topological polar surface area (TPSA) is 37.3 Å². The molecule has 0 aromatic carbocycles. The molecule has 0 radical (unpaired) electrons. The van der Waals surface area contributed by atoms with Crippen molar-refractivity contribution in [1.82, 2.24) is 0 Å². The molecule has 3 fully saturated rings. The Balaban J connectivity index is 1.70. The molecule has 0 aliphatic heterocycles. The van der Waals surface area contributed by atoms with E-state index in [2.05, 4.69) is 13.0 Å². The van der Waals surface area contributed by atoms with Gasteiger partial charge in [-0.25, -0.2) is 0 Å². The number of aliphatic hydroxyl groups is 1. The van der Waals surface area contributed by atoms with Gasteiger partial charge in [-0.2, -0.15) is 0 Å². The van der Waals surface area contributed by atoms with Crippen LogP contribution in [0.15, 0.2) is 23.8 Å². The SMILES string of the molecule is C[C@@]12CCC[C@H]1[C@H]1[C@H](CC2)[C@H]2CCC(=O)C=C2C[C@H]1C=CCO. The molecule has 1 N–H and O–H groups in total. The summed E-state index contributed by atoms with van der Waals surface area (Å²) < 4.78 is 0. The zero-order valence-electron chi connectivity index (χ0n) is 14.3. The van der Waals surface area contributed by atoms with E-state index in [1.165, 1.54) is 37.7 Å². The fourth-order valence-electron chi connectivity index (χ4n) is 6.71. The van der Waals surface area contributed by atoms with Gasteiger partial charge in [0, 0.05) is 6.42 Å². The lowest BCUT2D eigenvalue weighted by Gasteiger charge is -2.55. The van der Waals surface area contributed by atoms with Crippen molar-refractivity contribution in [3.05, 3.63) is 23.8 Å². The zero-order valence-corrected chi connectivity index (χ0v) is 14.3. The molecule has 0 amide bonds. The van der Waals surface area contributed by atoms with Gasteiger partial charge in [0.15, 0.2) is 5.78 Å². The predicted molar refractivity (Wildman–Crippen MR) is 91.8 cm³/mol. The minimum atomic E-state index is 0.136. The fraction of sp³-hybridized carbons (Fsp3) is 0.762. The minimum Gasteiger partial charge on any atom is -0.392 e. The van der Waals surface area contributed by atoms with Gasteiger partial charge in [0.2, 0.25) is 0 Å². The van der Waals surface area contributed by atoms with Crippen LogP contribution in [0, 0.1) is 35.0 Å². The van der Waals surface area contributed by atoms with Crippen molar-refractivity contribution in [2.75, 3.05) is 6.61 Å². The highest BCUT2D eigenvalue weighted by molar-refractivity contribution is 5.91. The van der Waals surface area contributed by atoms with E-state index in [1.807, 2.05) is 12.2 Å². The van der Waals surface area contributed by atoms with Crippen LogP contribution in [0.1, 0.15) is 58.3 Å². The summed E-state index contributed by atoms with van der Waals surface area (Å²) in [4.78, 5) is 11.9. The van der Waals surface area contributed by atoms with Crippen molar-refractivity contribution in [2.24, 2.45) is 35.0 Å². The third kappa shape index (κ3) is 2.54. The Bertz CT molecular complexity index is 546. The Morgan fingerprint density at radius 1 is 1.30 bits per heavy atom. The number of aliphatic hydroxyl groups excluding tert-OH is 1. The number of hydrogen-bond donors (Lipinski definition) is 1. The maximum absolute atomic E-state index is 11.9. The second-order valence-electron chi connectivity index (χ2n) is 8.74. The zero-order chi connectivity index (χ0) is 16.0. The molecule has 0 aromatic rings. The fourth-order valence-corrected chi connectivity index (χ4v) is 6.71. The van der Waals surface area contributed by atoms with Crippen LogP contribution in [0.25, 0.3) is 0 Å². The maximum atomic E-state index is 11.9. The monoisotopic (exact) mass is 314 g/mol. The molecule has 2 nitrogen and oxygen atoms in total. The van der Waals surface area contributed by atoms with Gasteiger partial charge in [0.25, 0.3) is 0 Å². The molecule has 0 unspecified atom stereocenters. The van der Waals surface area contributed by atoms with Crippen molar-refractivity contribution in [3.63, 3.8) is 0 Å². The number of ketones is 1. The van der Waals surface area contributed by atoms with Crippen LogP contribution >= 0.6 is 0 Å². The highest BCUT2D eigenvalue weighted by Crippen LogP contribution is 2.63. The van der Waals surface area contributed by atoms with Crippen LogP contribution in [-0.2, 0) is 4.79 Å². The molecule has 4 aliphatic carbocycles. The van der Waals surface area contributed by atoms with Gasteiger partial charge in [-0.15, -0.1) is 0 Å². The molecule has 0 aromatic heterocycles. The molecular weight excluding hydrogens is 284 g/mol. The van der Waals surface area contributed by atoms with Crippen molar-refractivity contribution in [3.8, 4) is 0 Å². The number of allylic oxidation sites excluding steroid dienone is 2. The second kappa shape index (κ2) is 5.88. The third-order valence-corrected chi connectivity index (χ3v) is 7.66. The van der Waals surface area contributed by atoms with E-state index in [0.717, 1.165) is 37.0 Å². The van der Waals surface area contributed by atoms with E-state index < -0.39 is 0 Å². The van der Waals surface area contributed by atoms with E-state index in [9.17, 15) is 9.90 Å². The van der Waals surface area contributed by atoms with Crippen LogP contribution in [0.2, 0.25) is 0 Å². The van der Waals surface area contributed by atoms with Gasteiger partial charge in [-0.1, -0.05) is 31.1 Å². The van der Waals surface area contributed by atoms with Crippen molar-refractivity contribution >= 4 is 5.78 Å². The lowest BCUT2D eigenvalue weighted by atomic mass is 9.49. The molecule has 0 saturated heterocycles. The van der Waals surface area contributed by atoms with Crippen LogP contribution in [0.5, 0.6) is 0 Å². The smallest absolute Gasteiger partial charge is 0.155 e. The van der Waals surface area contributed by atoms with E-state index in [0.29, 0.717) is 23.0 Å². The molecule has 3 saturated carbocycles. The van der Waals surface area contributed by atoms with Crippen molar-refractivity contribution in [2.45, 2.75) is 58.3 Å². The Morgan fingerprint density at radius 3 is 3.00 bits per heavy atom. The third-order valence-electron chi connectivity index (χ3n) is 7.66. The summed E-state index contributed by atoms with van der Waals surface area (Å²) in [5.41, 5.74) is 1.98. The molecule has 0 spiro atoms. The number of carbonyl (C=O) groups excluding carboxylic acids is 1. The molecule has 0 bridgehead atoms. The average molecular weight is 314 g/mol. The summed E-state index contributed by atoms with van der Waals surface area (Å²) in [5.74, 6) is 3.93. The predicted octanol–water partition coefficient (Wildman–Crippen LogP) is 4.29. The second-order valence-corrected chi connectivity index (χ2v) is 8.74. The molecule has 6 atom stereocenters. The van der Waals surface area contributed by atoms with Gasteiger partial charge in [0.1, 0.15) is 0 Å². The Hall–Kier alpha value is -0.890. The normalized spacial score (nSPS) is 46.3. The lowest BCUT2D eigenvalue weighted by Crippen LogP contribution is -2.48. The van der Waals surface area contributed by atoms with Gasteiger partial charge >= 0.3 is 0 Å². The molecule has 4 aliphatic rings. The quantitative estimate of drug-likeness (QED) is 0.772. The summed E-state index contributed by atoms with van der Waals surface area (Å²) >= 11 is 0. The molecule has 126 valence electrons. The first-order valence-corrected chi connectivity index (χ1v) is 9.63. The van der Waals surface area contributed by atoms with Crippen LogP contribution < -0.4 is 0 Å². The number of carbonyl (C=O) groups is 1. The first-order chi connectivity index (χ1) is 11.1. The van der Waals surface area contributed by atoms with Crippen molar-refractivity contribution < 1.29 is 9.90 Å². The first-order valence-electron chi connectivity index (χ1n) is 9.63. The number of fused-ring (bicyclic) bond motifs is 5.